The molecule has 0 aliphatic heterocycles. The van der Waals surface area contributed by atoms with Crippen molar-refractivity contribution < 1.29 is 18.3 Å². The number of benzene rings is 1. The maximum Gasteiger partial charge on any atom is 0.310 e. The fraction of sp³-hybridized carbons (Fsp3) is 0.438. The first-order valence-electron chi connectivity index (χ1n) is 7.01. The van der Waals surface area contributed by atoms with Crippen LogP contribution in [-0.2, 0) is 16.1 Å². The van der Waals surface area contributed by atoms with Crippen LogP contribution in [0.25, 0.3) is 0 Å². The van der Waals surface area contributed by atoms with Gasteiger partial charge in [-0.2, -0.15) is 0 Å². The Morgan fingerprint density at radius 1 is 1.21 bits per heavy atom. The zero-order valence-corrected chi connectivity index (χ0v) is 16.0. The normalized spacial score (nSPS) is 21.4. The summed E-state index contributed by atoms with van der Waals surface area (Å²) >= 11 is 23.0. The van der Waals surface area contributed by atoms with Crippen LogP contribution in [0.3, 0.4) is 0 Å². The summed E-state index contributed by atoms with van der Waals surface area (Å²) in [5, 5.41) is -0.719. The maximum atomic E-state index is 13.8. The number of esters is 1. The summed E-state index contributed by atoms with van der Waals surface area (Å²) in [5.74, 6) is -3.02. The molecule has 0 saturated heterocycles. The highest BCUT2D eigenvalue weighted by molar-refractivity contribution is 6.55. The second-order valence-corrected chi connectivity index (χ2v) is 8.01. The van der Waals surface area contributed by atoms with Gasteiger partial charge in [-0.25, -0.2) is 8.78 Å². The summed E-state index contributed by atoms with van der Waals surface area (Å²) in [5.41, 5.74) is -0.762. The van der Waals surface area contributed by atoms with E-state index in [2.05, 4.69) is 0 Å². The first-order valence-corrected chi connectivity index (χ1v) is 8.52. The Balaban J connectivity index is 2.16. The Bertz CT molecular complexity index is 698. The van der Waals surface area contributed by atoms with Gasteiger partial charge in [0.2, 0.25) is 0 Å². The van der Waals surface area contributed by atoms with Crippen LogP contribution >= 0.6 is 46.4 Å². The number of ether oxygens (including phenoxy) is 1. The van der Waals surface area contributed by atoms with Crippen LogP contribution < -0.4 is 0 Å². The van der Waals surface area contributed by atoms with Crippen molar-refractivity contribution in [2.24, 2.45) is 17.3 Å². The van der Waals surface area contributed by atoms with E-state index in [1.807, 2.05) is 13.8 Å². The van der Waals surface area contributed by atoms with E-state index in [4.69, 9.17) is 51.1 Å². The average Bonchev–Trinajstić information content (AvgIpc) is 3.02. The van der Waals surface area contributed by atoms with Gasteiger partial charge in [0.25, 0.3) is 0 Å². The smallest absolute Gasteiger partial charge is 0.310 e. The summed E-state index contributed by atoms with van der Waals surface area (Å²) in [6.07, 6.45) is 1.57. The third-order valence-electron chi connectivity index (χ3n) is 4.40. The second kappa shape index (κ2) is 6.99. The molecule has 0 unspecified atom stereocenters. The second-order valence-electron chi connectivity index (χ2n) is 6.25. The Kier molecular flexibility index (Phi) is 5.76. The van der Waals surface area contributed by atoms with Crippen LogP contribution in [0.15, 0.2) is 10.6 Å². The molecule has 1 fully saturated rings. The van der Waals surface area contributed by atoms with E-state index < -0.39 is 30.1 Å². The third-order valence-corrected chi connectivity index (χ3v) is 5.44. The molecule has 0 heterocycles. The first kappa shape index (κ1) is 19.8. The molecule has 0 N–H and O–H groups in total. The number of carbonyl (C=O) groups excluding carboxylic acids is 1. The highest BCUT2D eigenvalue weighted by Crippen LogP contribution is 2.60. The standard InChI is InChI=1S/C16H14Cl4F2O2/c1-6-13(21)11(19)7(12(20)14(6)22)5-24-15(23)10-8(4-9(17)18)16(10,2)3/h4,8,10H,5H2,1-3H3/t8-,10+/m0/s1. The zero-order valence-electron chi connectivity index (χ0n) is 13.0. The summed E-state index contributed by atoms with van der Waals surface area (Å²) in [6, 6.07) is 0. The number of allylic oxidation sites excluding steroid dienone is 1. The molecule has 0 bridgehead atoms. The topological polar surface area (TPSA) is 26.3 Å². The van der Waals surface area contributed by atoms with E-state index in [1.165, 1.54) is 6.92 Å². The van der Waals surface area contributed by atoms with E-state index in [0.717, 1.165) is 0 Å². The van der Waals surface area contributed by atoms with E-state index in [0.29, 0.717) is 0 Å². The Morgan fingerprint density at radius 3 is 2.17 bits per heavy atom. The van der Waals surface area contributed by atoms with Crippen molar-refractivity contribution in [2.45, 2.75) is 27.4 Å². The van der Waals surface area contributed by atoms with E-state index in [1.54, 1.807) is 6.08 Å². The molecule has 0 radical (unpaired) electrons. The van der Waals surface area contributed by atoms with Crippen LogP contribution in [0.1, 0.15) is 25.0 Å². The van der Waals surface area contributed by atoms with Crippen LogP contribution in [0.2, 0.25) is 10.0 Å². The summed E-state index contributed by atoms with van der Waals surface area (Å²) in [4.78, 5) is 12.2. The van der Waals surface area contributed by atoms with Crippen molar-refractivity contribution in [1.82, 2.24) is 0 Å². The maximum absolute atomic E-state index is 13.8. The Labute approximate surface area is 158 Å². The molecule has 2 atom stereocenters. The molecular formula is C16H14Cl4F2O2. The van der Waals surface area contributed by atoms with Crippen molar-refractivity contribution in [2.75, 3.05) is 0 Å². The van der Waals surface area contributed by atoms with Crippen molar-refractivity contribution in [3.8, 4) is 0 Å². The van der Waals surface area contributed by atoms with Gasteiger partial charge in [-0.3, -0.25) is 4.79 Å². The minimum Gasteiger partial charge on any atom is -0.460 e. The molecule has 2 rings (SSSR count). The minimum absolute atomic E-state index is 0.0668. The molecule has 1 saturated carbocycles. The van der Waals surface area contributed by atoms with Gasteiger partial charge >= 0.3 is 5.97 Å². The monoisotopic (exact) mass is 416 g/mol. The van der Waals surface area contributed by atoms with Gasteiger partial charge in [-0.1, -0.05) is 60.3 Å². The fourth-order valence-electron chi connectivity index (χ4n) is 2.72. The number of carbonyl (C=O) groups is 1. The van der Waals surface area contributed by atoms with E-state index in [-0.39, 0.29) is 37.0 Å². The zero-order chi connectivity index (χ0) is 18.4. The van der Waals surface area contributed by atoms with Gasteiger partial charge in [0.05, 0.1) is 16.0 Å². The quantitative estimate of drug-likeness (QED) is 0.429. The predicted molar refractivity (Wildman–Crippen MR) is 91.5 cm³/mol. The number of hydrogen-bond acceptors (Lipinski definition) is 2. The molecule has 1 aromatic rings. The molecule has 1 aromatic carbocycles. The van der Waals surface area contributed by atoms with Crippen LogP contribution in [0.4, 0.5) is 8.78 Å². The van der Waals surface area contributed by atoms with Crippen molar-refractivity contribution in [3.05, 3.63) is 43.4 Å². The van der Waals surface area contributed by atoms with Crippen molar-refractivity contribution >= 4 is 52.4 Å². The molecule has 0 aromatic heterocycles. The molecule has 1 aliphatic carbocycles. The molecular weight excluding hydrogens is 404 g/mol. The molecule has 1 aliphatic rings. The van der Waals surface area contributed by atoms with Crippen LogP contribution in [0, 0.1) is 35.8 Å². The van der Waals surface area contributed by atoms with Crippen molar-refractivity contribution in [1.29, 1.82) is 0 Å². The fourth-order valence-corrected chi connectivity index (χ4v) is 3.62. The minimum atomic E-state index is -0.925. The summed E-state index contributed by atoms with van der Waals surface area (Å²) in [7, 11) is 0. The highest BCUT2D eigenvalue weighted by atomic mass is 35.5. The lowest BCUT2D eigenvalue weighted by molar-refractivity contribution is -0.147. The number of rotatable bonds is 4. The van der Waals surface area contributed by atoms with Crippen molar-refractivity contribution in [3.63, 3.8) is 0 Å². The highest BCUT2D eigenvalue weighted by Gasteiger charge is 2.61. The van der Waals surface area contributed by atoms with Crippen LogP contribution in [-0.4, -0.2) is 5.97 Å². The van der Waals surface area contributed by atoms with E-state index in [9.17, 15) is 13.6 Å². The van der Waals surface area contributed by atoms with Gasteiger partial charge in [0.15, 0.2) is 0 Å². The average molecular weight is 418 g/mol. The lowest BCUT2D eigenvalue weighted by atomic mass is 10.1. The summed E-state index contributed by atoms with van der Waals surface area (Å²) < 4.78 is 32.9. The van der Waals surface area contributed by atoms with Gasteiger partial charge in [-0.15, -0.1) is 0 Å². The SMILES string of the molecule is Cc1c(F)c(Cl)c(COC(=O)[C@H]2[C@H](C=C(Cl)Cl)C2(C)C)c(Cl)c1F. The Hall–Kier alpha value is -0.550. The number of hydrogen-bond donors (Lipinski definition) is 0. The molecule has 0 amide bonds. The Morgan fingerprint density at radius 2 is 1.71 bits per heavy atom. The largest absolute Gasteiger partial charge is 0.460 e. The number of halogens is 6. The third kappa shape index (κ3) is 3.52. The lowest BCUT2D eigenvalue weighted by Gasteiger charge is -2.12. The molecule has 2 nitrogen and oxygen atoms in total. The van der Waals surface area contributed by atoms with Gasteiger partial charge in [0, 0.05) is 11.1 Å². The van der Waals surface area contributed by atoms with Gasteiger partial charge < -0.3 is 4.74 Å². The lowest BCUT2D eigenvalue weighted by Crippen LogP contribution is -2.12. The molecule has 0 spiro atoms. The molecule has 132 valence electrons. The van der Waals surface area contributed by atoms with Gasteiger partial charge in [-0.05, 0) is 24.3 Å². The molecule has 8 heteroatoms. The first-order chi connectivity index (χ1) is 11.0. The summed E-state index contributed by atoms with van der Waals surface area (Å²) in [6.45, 7) is 4.52. The van der Waals surface area contributed by atoms with E-state index >= 15 is 0 Å². The predicted octanol–water partition coefficient (Wildman–Crippen LogP) is 6.21. The van der Waals surface area contributed by atoms with Crippen LogP contribution in [0.5, 0.6) is 0 Å². The molecule has 24 heavy (non-hydrogen) atoms. The van der Waals surface area contributed by atoms with Gasteiger partial charge in [0.1, 0.15) is 22.7 Å².